The Bertz CT molecular complexity index is 507. The molecule has 76 valence electrons. The van der Waals surface area contributed by atoms with Crippen LogP contribution in [0, 0.1) is 12.7 Å². The van der Waals surface area contributed by atoms with E-state index < -0.39 is 0 Å². The highest BCUT2D eigenvalue weighted by Crippen LogP contribution is 2.24. The largest absolute Gasteiger partial charge is 0.296 e. The maximum atomic E-state index is 13.3. The van der Waals surface area contributed by atoms with E-state index in [4.69, 9.17) is 0 Å². The average molecular weight is 221 g/mol. The molecule has 0 saturated heterocycles. The number of halogens is 1. The van der Waals surface area contributed by atoms with E-state index in [1.807, 2.05) is 0 Å². The molecule has 1 aromatic heterocycles. The normalized spacial score (nSPS) is 10.3. The lowest BCUT2D eigenvalue weighted by molar-refractivity contribution is 0.111. The predicted molar refractivity (Wildman–Crippen MR) is 57.6 cm³/mol. The number of carbonyl (C=O) groups excluding carboxylic acids is 1. The Kier molecular flexibility index (Phi) is 2.60. The van der Waals surface area contributed by atoms with E-state index in [1.54, 1.807) is 24.4 Å². The quantitative estimate of drug-likeness (QED) is 0.729. The summed E-state index contributed by atoms with van der Waals surface area (Å²) in [5.41, 5.74) is 1.69. The van der Waals surface area contributed by atoms with Crippen molar-refractivity contribution < 1.29 is 9.18 Å². The number of aromatic nitrogens is 1. The number of hydrogen-bond donors (Lipinski definition) is 0. The van der Waals surface area contributed by atoms with E-state index in [0.717, 1.165) is 0 Å². The van der Waals surface area contributed by atoms with Crippen molar-refractivity contribution in [3.05, 3.63) is 40.7 Å². The first kappa shape index (κ1) is 9.98. The Morgan fingerprint density at radius 3 is 2.87 bits per heavy atom. The molecule has 2 aromatic rings. The third-order valence-electron chi connectivity index (χ3n) is 2.06. The van der Waals surface area contributed by atoms with Crippen molar-refractivity contribution >= 4 is 17.6 Å². The minimum atomic E-state index is -0.254. The van der Waals surface area contributed by atoms with Crippen molar-refractivity contribution in [2.24, 2.45) is 0 Å². The monoisotopic (exact) mass is 221 g/mol. The fourth-order valence-electron chi connectivity index (χ4n) is 1.20. The van der Waals surface area contributed by atoms with Crippen LogP contribution in [0.3, 0.4) is 0 Å². The van der Waals surface area contributed by atoms with Crippen LogP contribution in [0.2, 0.25) is 0 Å². The summed E-state index contributed by atoms with van der Waals surface area (Å²) in [7, 11) is 0. The van der Waals surface area contributed by atoms with Crippen LogP contribution in [0.1, 0.15) is 16.1 Å². The maximum absolute atomic E-state index is 13.3. The van der Waals surface area contributed by atoms with Gasteiger partial charge in [-0.25, -0.2) is 9.37 Å². The standard InChI is InChI=1S/C11H8FNOS/c1-7-2-3-8(4-10(7)12)11-13-9(5-14)6-15-11/h2-6H,1H3. The Morgan fingerprint density at radius 1 is 1.47 bits per heavy atom. The molecule has 2 rings (SSSR count). The number of benzene rings is 1. The molecule has 1 heterocycles. The van der Waals surface area contributed by atoms with Crippen LogP contribution in [0.15, 0.2) is 23.6 Å². The van der Waals surface area contributed by atoms with Gasteiger partial charge in [-0.1, -0.05) is 12.1 Å². The molecule has 0 unspecified atom stereocenters. The zero-order chi connectivity index (χ0) is 10.8. The van der Waals surface area contributed by atoms with Gasteiger partial charge in [-0.05, 0) is 18.6 Å². The number of rotatable bonds is 2. The summed E-state index contributed by atoms with van der Waals surface area (Å²) in [6.45, 7) is 1.71. The highest BCUT2D eigenvalue weighted by Gasteiger charge is 2.06. The van der Waals surface area contributed by atoms with Crippen LogP contribution in [0.4, 0.5) is 4.39 Å². The minimum absolute atomic E-state index is 0.254. The zero-order valence-electron chi connectivity index (χ0n) is 8.03. The van der Waals surface area contributed by atoms with Crippen molar-refractivity contribution in [3.63, 3.8) is 0 Å². The Morgan fingerprint density at radius 2 is 2.27 bits per heavy atom. The highest BCUT2D eigenvalue weighted by molar-refractivity contribution is 7.13. The summed E-state index contributed by atoms with van der Waals surface area (Å²) in [4.78, 5) is 14.5. The van der Waals surface area contributed by atoms with Gasteiger partial charge in [0.05, 0.1) is 0 Å². The van der Waals surface area contributed by atoms with Gasteiger partial charge in [0.1, 0.15) is 16.5 Å². The van der Waals surface area contributed by atoms with Gasteiger partial charge >= 0.3 is 0 Å². The third kappa shape index (κ3) is 1.94. The lowest BCUT2D eigenvalue weighted by Gasteiger charge is -1.98. The molecule has 0 bridgehead atoms. The number of thiazole rings is 1. The van der Waals surface area contributed by atoms with E-state index >= 15 is 0 Å². The number of nitrogens with zero attached hydrogens (tertiary/aromatic N) is 1. The SMILES string of the molecule is Cc1ccc(-c2nc(C=O)cs2)cc1F. The predicted octanol–water partition coefficient (Wildman–Crippen LogP) is 3.07. The zero-order valence-corrected chi connectivity index (χ0v) is 8.84. The van der Waals surface area contributed by atoms with E-state index in [0.29, 0.717) is 28.1 Å². The minimum Gasteiger partial charge on any atom is -0.296 e. The van der Waals surface area contributed by atoms with Crippen LogP contribution in [-0.4, -0.2) is 11.3 Å². The fraction of sp³-hybridized carbons (Fsp3) is 0.0909. The molecule has 0 atom stereocenters. The van der Waals surface area contributed by atoms with Crippen molar-refractivity contribution in [1.29, 1.82) is 0 Å². The summed E-state index contributed by atoms with van der Waals surface area (Å²) in [5, 5.41) is 2.32. The lowest BCUT2D eigenvalue weighted by Crippen LogP contribution is -1.84. The first-order valence-corrected chi connectivity index (χ1v) is 5.26. The molecule has 0 spiro atoms. The molecule has 0 saturated carbocycles. The van der Waals surface area contributed by atoms with Crippen molar-refractivity contribution in [2.75, 3.05) is 0 Å². The Balaban J connectivity index is 2.44. The summed E-state index contributed by atoms with van der Waals surface area (Å²) in [6, 6.07) is 4.93. The second kappa shape index (κ2) is 3.90. The topological polar surface area (TPSA) is 30.0 Å². The molecule has 0 fully saturated rings. The molecule has 0 N–H and O–H groups in total. The van der Waals surface area contributed by atoms with Crippen LogP contribution in [-0.2, 0) is 0 Å². The average Bonchev–Trinajstić information content (AvgIpc) is 2.70. The number of hydrogen-bond acceptors (Lipinski definition) is 3. The second-order valence-electron chi connectivity index (χ2n) is 3.16. The molecular weight excluding hydrogens is 213 g/mol. The van der Waals surface area contributed by atoms with Gasteiger partial charge in [-0.3, -0.25) is 4.79 Å². The van der Waals surface area contributed by atoms with E-state index in [2.05, 4.69) is 4.98 Å². The van der Waals surface area contributed by atoms with Gasteiger partial charge in [0.15, 0.2) is 6.29 Å². The summed E-state index contributed by atoms with van der Waals surface area (Å²) in [5.74, 6) is -0.254. The molecule has 0 amide bonds. The van der Waals surface area contributed by atoms with Crippen LogP contribution >= 0.6 is 11.3 Å². The summed E-state index contributed by atoms with van der Waals surface area (Å²) >= 11 is 1.33. The van der Waals surface area contributed by atoms with Gasteiger partial charge in [0, 0.05) is 10.9 Å². The van der Waals surface area contributed by atoms with Crippen LogP contribution < -0.4 is 0 Å². The lowest BCUT2D eigenvalue weighted by atomic mass is 10.1. The van der Waals surface area contributed by atoms with Crippen LogP contribution in [0.5, 0.6) is 0 Å². The molecule has 0 radical (unpaired) electrons. The van der Waals surface area contributed by atoms with Crippen molar-refractivity contribution in [2.45, 2.75) is 6.92 Å². The number of aldehydes is 1. The van der Waals surface area contributed by atoms with Gasteiger partial charge in [-0.2, -0.15) is 0 Å². The van der Waals surface area contributed by atoms with E-state index in [-0.39, 0.29) is 5.82 Å². The number of aryl methyl sites for hydroxylation is 1. The molecule has 0 aliphatic carbocycles. The molecule has 2 nitrogen and oxygen atoms in total. The third-order valence-corrected chi connectivity index (χ3v) is 2.97. The van der Waals surface area contributed by atoms with E-state index in [9.17, 15) is 9.18 Å². The van der Waals surface area contributed by atoms with Crippen molar-refractivity contribution in [1.82, 2.24) is 4.98 Å². The Hall–Kier alpha value is -1.55. The molecule has 0 aliphatic rings. The first-order chi connectivity index (χ1) is 7.20. The van der Waals surface area contributed by atoms with Gasteiger partial charge < -0.3 is 0 Å². The first-order valence-electron chi connectivity index (χ1n) is 4.38. The molecule has 0 aliphatic heterocycles. The number of carbonyl (C=O) groups is 1. The maximum Gasteiger partial charge on any atom is 0.169 e. The van der Waals surface area contributed by atoms with E-state index in [1.165, 1.54) is 17.4 Å². The van der Waals surface area contributed by atoms with Gasteiger partial charge in [0.25, 0.3) is 0 Å². The summed E-state index contributed by atoms with van der Waals surface area (Å²) < 4.78 is 13.3. The molecule has 15 heavy (non-hydrogen) atoms. The smallest absolute Gasteiger partial charge is 0.169 e. The highest BCUT2D eigenvalue weighted by atomic mass is 32.1. The Labute approximate surface area is 90.4 Å². The second-order valence-corrected chi connectivity index (χ2v) is 4.02. The van der Waals surface area contributed by atoms with Gasteiger partial charge in [-0.15, -0.1) is 11.3 Å². The molecule has 1 aromatic carbocycles. The van der Waals surface area contributed by atoms with Crippen molar-refractivity contribution in [3.8, 4) is 10.6 Å². The van der Waals surface area contributed by atoms with Gasteiger partial charge in [0.2, 0.25) is 0 Å². The fourth-order valence-corrected chi connectivity index (χ4v) is 1.96. The molecular formula is C11H8FNOS. The summed E-state index contributed by atoms with van der Waals surface area (Å²) in [6.07, 6.45) is 0.685. The molecule has 4 heteroatoms. The van der Waals surface area contributed by atoms with Crippen LogP contribution in [0.25, 0.3) is 10.6 Å².